The van der Waals surface area contributed by atoms with Crippen LogP contribution in [-0.2, 0) is 24.4 Å². The summed E-state index contributed by atoms with van der Waals surface area (Å²) in [5, 5.41) is 1.74. The average molecular weight is 439 g/mol. The molecule has 30 heavy (non-hydrogen) atoms. The lowest BCUT2D eigenvalue weighted by molar-refractivity contribution is -0.149. The number of rotatable bonds is 4. The first-order chi connectivity index (χ1) is 13.8. The van der Waals surface area contributed by atoms with Crippen LogP contribution < -0.4 is 4.90 Å². The largest absolute Gasteiger partial charge is 0.465 e. The van der Waals surface area contributed by atoms with Crippen LogP contribution in [0.25, 0.3) is 0 Å². The van der Waals surface area contributed by atoms with E-state index in [4.69, 9.17) is 14.2 Å². The van der Waals surface area contributed by atoms with Crippen molar-refractivity contribution in [2.75, 3.05) is 11.5 Å². The molecule has 9 heteroatoms. The molecule has 166 valence electrons. The van der Waals surface area contributed by atoms with Gasteiger partial charge in [-0.25, -0.2) is 14.6 Å². The Hall–Kier alpha value is -2.42. The van der Waals surface area contributed by atoms with Gasteiger partial charge in [0.25, 0.3) is 0 Å². The Kier molecular flexibility index (Phi) is 6.96. The van der Waals surface area contributed by atoms with Crippen molar-refractivity contribution in [2.45, 2.75) is 77.9 Å². The second kappa shape index (κ2) is 8.75. The molecule has 1 heterocycles. The molecule has 0 fully saturated rings. The van der Waals surface area contributed by atoms with Crippen molar-refractivity contribution in [3.05, 3.63) is 23.2 Å². The number of carbonyl (C=O) groups excluding carboxylic acids is 3. The zero-order valence-corrected chi connectivity index (χ0v) is 19.4. The van der Waals surface area contributed by atoms with E-state index < -0.39 is 28.8 Å². The molecule has 0 aromatic carbocycles. The summed E-state index contributed by atoms with van der Waals surface area (Å²) in [6, 6.07) is 0. The molecule has 1 aromatic heterocycles. The maximum absolute atomic E-state index is 12.8. The minimum atomic E-state index is -0.960. The van der Waals surface area contributed by atoms with Crippen molar-refractivity contribution >= 4 is 34.6 Å². The molecule has 8 nitrogen and oxygen atoms in total. The van der Waals surface area contributed by atoms with Crippen molar-refractivity contribution < 1.29 is 28.6 Å². The smallest absolute Gasteiger partial charge is 0.426 e. The van der Waals surface area contributed by atoms with E-state index in [1.807, 2.05) is 12.2 Å². The van der Waals surface area contributed by atoms with Gasteiger partial charge in [0.05, 0.1) is 12.3 Å². The molecule has 2 rings (SSSR count). The van der Waals surface area contributed by atoms with Crippen LogP contribution >= 0.6 is 11.3 Å². The Morgan fingerprint density at radius 1 is 1.03 bits per heavy atom. The molecular weight excluding hydrogens is 408 g/mol. The monoisotopic (exact) mass is 438 g/mol. The van der Waals surface area contributed by atoms with Gasteiger partial charge in [-0.05, 0) is 61.3 Å². The first kappa shape index (κ1) is 23.9. The highest BCUT2D eigenvalue weighted by Gasteiger charge is 2.45. The predicted molar refractivity (Wildman–Crippen MR) is 114 cm³/mol. The zero-order chi connectivity index (χ0) is 22.7. The van der Waals surface area contributed by atoms with Crippen LogP contribution in [0.1, 0.15) is 67.0 Å². The molecule has 0 aliphatic heterocycles. The number of nitrogens with zero attached hydrogens (tertiary/aromatic N) is 2. The van der Waals surface area contributed by atoms with Crippen LogP contribution in [-0.4, -0.2) is 40.9 Å². The Balaban J connectivity index is 2.42. The third-order valence-electron chi connectivity index (χ3n) is 4.09. The van der Waals surface area contributed by atoms with Crippen molar-refractivity contribution in [3.8, 4) is 0 Å². The van der Waals surface area contributed by atoms with Crippen LogP contribution in [0.3, 0.4) is 0 Å². The molecule has 0 saturated heterocycles. The second-order valence-electron chi connectivity index (χ2n) is 8.99. The van der Waals surface area contributed by atoms with E-state index in [2.05, 4.69) is 4.98 Å². The molecule has 0 bridgehead atoms. The van der Waals surface area contributed by atoms with Crippen LogP contribution in [0.2, 0.25) is 0 Å². The minimum Gasteiger partial charge on any atom is -0.465 e. The molecule has 1 aromatic rings. The predicted octanol–water partition coefficient (Wildman–Crippen LogP) is 4.97. The van der Waals surface area contributed by atoms with E-state index in [1.54, 1.807) is 53.8 Å². The molecule has 0 spiro atoms. The summed E-state index contributed by atoms with van der Waals surface area (Å²) in [5.41, 5.74) is -2.15. The highest BCUT2D eigenvalue weighted by molar-refractivity contribution is 7.14. The van der Waals surface area contributed by atoms with Gasteiger partial charge in [0.15, 0.2) is 0 Å². The summed E-state index contributed by atoms with van der Waals surface area (Å²) in [5.74, 6) is -0.382. The number of thiazole rings is 1. The molecule has 1 aliphatic carbocycles. The fraction of sp³-hybridized carbons (Fsp3) is 0.619. The average Bonchev–Trinajstić information content (AvgIpc) is 3.21. The number of aromatic nitrogens is 1. The SMILES string of the molecule is CCOC(=O)C1(c2csc(N(C(=O)OC(C)(C)C)C(=O)OC(C)(C)C)n2)CC=CC1. The highest BCUT2D eigenvalue weighted by Crippen LogP contribution is 2.40. The van der Waals surface area contributed by atoms with Crippen molar-refractivity contribution in [1.29, 1.82) is 0 Å². The summed E-state index contributed by atoms with van der Waals surface area (Å²) in [7, 11) is 0. The molecule has 0 atom stereocenters. The lowest BCUT2D eigenvalue weighted by Gasteiger charge is -2.27. The third-order valence-corrected chi connectivity index (χ3v) is 4.92. The van der Waals surface area contributed by atoms with Gasteiger partial charge in [0.2, 0.25) is 5.13 Å². The Bertz CT molecular complexity index is 795. The van der Waals surface area contributed by atoms with Crippen molar-refractivity contribution in [2.24, 2.45) is 0 Å². The highest BCUT2D eigenvalue weighted by atomic mass is 32.1. The number of anilines is 1. The van der Waals surface area contributed by atoms with Gasteiger partial charge in [-0.3, -0.25) is 4.79 Å². The first-order valence-electron chi connectivity index (χ1n) is 9.83. The van der Waals surface area contributed by atoms with Crippen LogP contribution in [0.15, 0.2) is 17.5 Å². The zero-order valence-electron chi connectivity index (χ0n) is 18.6. The fourth-order valence-corrected chi connectivity index (χ4v) is 3.74. The standard InChI is InChI=1S/C21H30N2O6S/c1-8-27-15(24)21(11-9-10-12-21)14-13-30-16(22-14)23(17(25)28-19(2,3)4)18(26)29-20(5,6)7/h9-10,13H,8,11-12H2,1-7H3. The van der Waals surface area contributed by atoms with Crippen LogP contribution in [0.5, 0.6) is 0 Å². The number of hydrogen-bond acceptors (Lipinski definition) is 8. The number of esters is 1. The third kappa shape index (κ3) is 5.59. The molecule has 2 amide bonds. The van der Waals surface area contributed by atoms with Crippen molar-refractivity contribution in [1.82, 2.24) is 4.98 Å². The van der Waals surface area contributed by atoms with Crippen LogP contribution in [0, 0.1) is 0 Å². The molecular formula is C21H30N2O6S. The number of carbonyl (C=O) groups is 3. The summed E-state index contributed by atoms with van der Waals surface area (Å²) in [4.78, 5) is 43.5. The number of amides is 2. The number of allylic oxidation sites excluding steroid dienone is 2. The topological polar surface area (TPSA) is 95.0 Å². The number of ether oxygens (including phenoxy) is 3. The van der Waals surface area contributed by atoms with E-state index in [0.717, 1.165) is 16.2 Å². The lowest BCUT2D eigenvalue weighted by Crippen LogP contribution is -2.44. The van der Waals surface area contributed by atoms with Gasteiger partial charge in [0.1, 0.15) is 16.6 Å². The van der Waals surface area contributed by atoms with Crippen molar-refractivity contribution in [3.63, 3.8) is 0 Å². The maximum atomic E-state index is 12.8. The van der Waals surface area contributed by atoms with Gasteiger partial charge in [0, 0.05) is 5.38 Å². The minimum absolute atomic E-state index is 0.0732. The number of imide groups is 1. The molecule has 0 saturated carbocycles. The summed E-state index contributed by atoms with van der Waals surface area (Å²) in [6.07, 6.45) is 2.88. The second-order valence-corrected chi connectivity index (χ2v) is 9.83. The molecule has 0 N–H and O–H groups in total. The van der Waals surface area contributed by atoms with E-state index in [1.165, 1.54) is 0 Å². The molecule has 0 radical (unpaired) electrons. The quantitative estimate of drug-likeness (QED) is 0.372. The Labute approximate surface area is 181 Å². The van der Waals surface area contributed by atoms with Gasteiger partial charge in [-0.15, -0.1) is 11.3 Å². The van der Waals surface area contributed by atoms with E-state index >= 15 is 0 Å². The van der Waals surface area contributed by atoms with Gasteiger partial charge < -0.3 is 14.2 Å². The Morgan fingerprint density at radius 2 is 1.53 bits per heavy atom. The van der Waals surface area contributed by atoms with E-state index in [-0.39, 0.29) is 17.7 Å². The first-order valence-corrected chi connectivity index (χ1v) is 10.7. The molecule has 0 unspecified atom stereocenters. The summed E-state index contributed by atoms with van der Waals surface area (Å²) in [6.45, 7) is 12.2. The normalized spacial score (nSPS) is 15.6. The number of hydrogen-bond donors (Lipinski definition) is 0. The van der Waals surface area contributed by atoms with Gasteiger partial charge in [-0.2, -0.15) is 4.90 Å². The lowest BCUT2D eigenvalue weighted by atomic mass is 9.82. The maximum Gasteiger partial charge on any atom is 0.426 e. The Morgan fingerprint density at radius 3 is 1.97 bits per heavy atom. The van der Waals surface area contributed by atoms with Gasteiger partial charge >= 0.3 is 18.2 Å². The summed E-state index contributed by atoms with van der Waals surface area (Å²) >= 11 is 1.06. The fourth-order valence-electron chi connectivity index (χ4n) is 2.83. The van der Waals surface area contributed by atoms with E-state index in [9.17, 15) is 14.4 Å². The van der Waals surface area contributed by atoms with Gasteiger partial charge in [-0.1, -0.05) is 12.2 Å². The van der Waals surface area contributed by atoms with Crippen LogP contribution in [0.4, 0.5) is 14.7 Å². The molecule has 1 aliphatic rings. The van der Waals surface area contributed by atoms with E-state index in [0.29, 0.717) is 18.5 Å². The summed E-state index contributed by atoms with van der Waals surface area (Å²) < 4.78 is 16.0.